The maximum atomic E-state index is 10.0. The van der Waals surface area contributed by atoms with Crippen molar-refractivity contribution in [3.63, 3.8) is 0 Å². The number of aliphatic hydroxyl groups excluding tert-OH is 1. The largest absolute Gasteiger partial charge is 0.491 e. The molecule has 3 nitrogen and oxygen atoms in total. The highest BCUT2D eigenvalue weighted by atomic mass is 79.9. The third kappa shape index (κ3) is 4.76. The lowest BCUT2D eigenvalue weighted by atomic mass is 10.1. The number of nitrogens with one attached hydrogen (secondary N) is 1. The van der Waals surface area contributed by atoms with E-state index in [9.17, 15) is 5.11 Å². The molecule has 2 aromatic carbocycles. The molecule has 0 aliphatic heterocycles. The Hall–Kier alpha value is -1.52. The van der Waals surface area contributed by atoms with Gasteiger partial charge in [-0.05, 0) is 49.2 Å². The second-order valence-electron chi connectivity index (χ2n) is 5.07. The summed E-state index contributed by atoms with van der Waals surface area (Å²) in [6.07, 6.45) is -0.562. The lowest BCUT2D eigenvalue weighted by molar-refractivity contribution is 0.117. The van der Waals surface area contributed by atoms with Crippen LogP contribution in [0.1, 0.15) is 11.1 Å². The molecule has 4 heteroatoms. The van der Waals surface area contributed by atoms with E-state index in [1.54, 1.807) is 0 Å². The molecule has 0 saturated heterocycles. The van der Waals surface area contributed by atoms with E-state index in [0.717, 1.165) is 15.9 Å². The maximum Gasteiger partial charge on any atom is 0.119 e. The summed E-state index contributed by atoms with van der Waals surface area (Å²) in [5.41, 5.74) is 3.44. The first-order valence-corrected chi connectivity index (χ1v) is 7.72. The summed E-state index contributed by atoms with van der Waals surface area (Å²) < 4.78 is 6.57. The number of rotatable bonds is 6. The Morgan fingerprint density at radius 1 is 1.10 bits per heavy atom. The molecule has 0 bridgehead atoms. The molecule has 2 N–H and O–H groups in total. The van der Waals surface area contributed by atoms with Gasteiger partial charge in [-0.1, -0.05) is 34.1 Å². The number of aliphatic hydroxyl groups is 1. The second-order valence-corrected chi connectivity index (χ2v) is 5.98. The zero-order valence-electron chi connectivity index (χ0n) is 12.3. The molecule has 0 aliphatic rings. The van der Waals surface area contributed by atoms with E-state index in [0.29, 0.717) is 6.54 Å². The Labute approximate surface area is 134 Å². The van der Waals surface area contributed by atoms with E-state index in [1.165, 1.54) is 11.1 Å². The molecule has 0 radical (unpaired) electrons. The first-order chi connectivity index (χ1) is 10.1. The van der Waals surface area contributed by atoms with E-state index < -0.39 is 6.10 Å². The summed E-state index contributed by atoms with van der Waals surface area (Å²) >= 11 is 3.37. The van der Waals surface area contributed by atoms with Gasteiger partial charge in [0.1, 0.15) is 18.5 Å². The molecule has 0 amide bonds. The topological polar surface area (TPSA) is 41.5 Å². The van der Waals surface area contributed by atoms with E-state index in [-0.39, 0.29) is 6.61 Å². The fourth-order valence-electron chi connectivity index (χ4n) is 2.10. The first-order valence-electron chi connectivity index (χ1n) is 6.93. The van der Waals surface area contributed by atoms with Crippen LogP contribution in [0.5, 0.6) is 5.75 Å². The SMILES string of the molecule is Cc1cccc(C)c1NCC(O)COc1ccc(Br)cc1. The Balaban J connectivity index is 1.82. The number of anilines is 1. The van der Waals surface area contributed by atoms with Crippen molar-refractivity contribution in [3.05, 3.63) is 58.1 Å². The standard InChI is InChI=1S/C17H20BrNO2/c1-12-4-3-5-13(2)17(12)19-10-15(20)11-21-16-8-6-14(18)7-9-16/h3-9,15,19-20H,10-11H2,1-2H3. The number of para-hydroxylation sites is 1. The monoisotopic (exact) mass is 349 g/mol. The minimum absolute atomic E-state index is 0.263. The van der Waals surface area contributed by atoms with Gasteiger partial charge in [-0.25, -0.2) is 0 Å². The third-order valence-electron chi connectivity index (χ3n) is 3.25. The van der Waals surface area contributed by atoms with Gasteiger partial charge in [0.2, 0.25) is 0 Å². The van der Waals surface area contributed by atoms with E-state index in [1.807, 2.05) is 30.3 Å². The minimum Gasteiger partial charge on any atom is -0.491 e. The molecule has 0 heterocycles. The van der Waals surface area contributed by atoms with Crippen LogP contribution in [0.3, 0.4) is 0 Å². The predicted molar refractivity (Wildman–Crippen MR) is 90.0 cm³/mol. The highest BCUT2D eigenvalue weighted by Crippen LogP contribution is 2.19. The van der Waals surface area contributed by atoms with Crippen LogP contribution in [-0.2, 0) is 0 Å². The molecule has 112 valence electrons. The van der Waals surface area contributed by atoms with Gasteiger partial charge in [0.15, 0.2) is 0 Å². The van der Waals surface area contributed by atoms with Crippen LogP contribution in [0.2, 0.25) is 0 Å². The molecule has 0 fully saturated rings. The van der Waals surface area contributed by atoms with Crippen LogP contribution < -0.4 is 10.1 Å². The first kappa shape index (κ1) is 15.9. The van der Waals surface area contributed by atoms with Crippen molar-refractivity contribution in [1.29, 1.82) is 0 Å². The van der Waals surface area contributed by atoms with Gasteiger partial charge in [0.05, 0.1) is 0 Å². The molecule has 1 unspecified atom stereocenters. The molecule has 2 aromatic rings. The molecule has 21 heavy (non-hydrogen) atoms. The fourth-order valence-corrected chi connectivity index (χ4v) is 2.36. The summed E-state index contributed by atoms with van der Waals surface area (Å²) in [5, 5.41) is 13.3. The van der Waals surface area contributed by atoms with E-state index in [4.69, 9.17) is 4.74 Å². The fraction of sp³-hybridized carbons (Fsp3) is 0.294. The Kier molecular flexibility index (Phi) is 5.65. The molecule has 1 atom stereocenters. The number of halogens is 1. The predicted octanol–water partition coefficient (Wildman–Crippen LogP) is 3.92. The van der Waals surface area contributed by atoms with Crippen molar-refractivity contribution in [3.8, 4) is 5.75 Å². The van der Waals surface area contributed by atoms with Gasteiger partial charge in [-0.3, -0.25) is 0 Å². The van der Waals surface area contributed by atoms with Crippen molar-refractivity contribution in [2.75, 3.05) is 18.5 Å². The molecule has 0 saturated carbocycles. The normalized spacial score (nSPS) is 12.0. The van der Waals surface area contributed by atoms with Gasteiger partial charge in [-0.15, -0.1) is 0 Å². The number of hydrogen-bond donors (Lipinski definition) is 2. The lowest BCUT2D eigenvalue weighted by Gasteiger charge is -2.16. The van der Waals surface area contributed by atoms with Crippen molar-refractivity contribution in [1.82, 2.24) is 0 Å². The maximum absolute atomic E-state index is 10.0. The smallest absolute Gasteiger partial charge is 0.119 e. The number of hydrogen-bond acceptors (Lipinski definition) is 3. The molecular formula is C17H20BrNO2. The molecule has 0 aromatic heterocycles. The lowest BCUT2D eigenvalue weighted by Crippen LogP contribution is -2.26. The van der Waals surface area contributed by atoms with Crippen molar-refractivity contribution < 1.29 is 9.84 Å². The Morgan fingerprint density at radius 2 is 1.71 bits per heavy atom. The molecule has 0 spiro atoms. The molecule has 0 aliphatic carbocycles. The van der Waals surface area contributed by atoms with Crippen LogP contribution in [-0.4, -0.2) is 24.4 Å². The highest BCUT2D eigenvalue weighted by molar-refractivity contribution is 9.10. The Morgan fingerprint density at radius 3 is 2.33 bits per heavy atom. The van der Waals surface area contributed by atoms with Crippen LogP contribution in [0, 0.1) is 13.8 Å². The number of benzene rings is 2. The average Bonchev–Trinajstić information content (AvgIpc) is 2.46. The van der Waals surface area contributed by atoms with Crippen molar-refractivity contribution in [2.45, 2.75) is 20.0 Å². The summed E-state index contributed by atoms with van der Waals surface area (Å²) in [6, 6.07) is 13.7. The van der Waals surface area contributed by atoms with Gasteiger partial charge in [0, 0.05) is 16.7 Å². The zero-order valence-corrected chi connectivity index (χ0v) is 13.9. The van der Waals surface area contributed by atoms with Crippen molar-refractivity contribution in [2.24, 2.45) is 0 Å². The number of aryl methyl sites for hydroxylation is 2. The minimum atomic E-state index is -0.562. The second kappa shape index (κ2) is 7.48. The highest BCUT2D eigenvalue weighted by Gasteiger charge is 2.07. The Bertz CT molecular complexity index is 564. The van der Waals surface area contributed by atoms with Gasteiger partial charge in [0.25, 0.3) is 0 Å². The third-order valence-corrected chi connectivity index (χ3v) is 3.78. The summed E-state index contributed by atoms with van der Waals surface area (Å²) in [5.74, 6) is 0.754. The van der Waals surface area contributed by atoms with Crippen LogP contribution in [0.4, 0.5) is 5.69 Å². The van der Waals surface area contributed by atoms with Gasteiger partial charge in [-0.2, -0.15) is 0 Å². The summed E-state index contributed by atoms with van der Waals surface area (Å²) in [7, 11) is 0. The van der Waals surface area contributed by atoms with E-state index in [2.05, 4.69) is 47.2 Å². The van der Waals surface area contributed by atoms with E-state index >= 15 is 0 Å². The quantitative estimate of drug-likeness (QED) is 0.830. The summed E-state index contributed by atoms with van der Waals surface area (Å²) in [4.78, 5) is 0. The molecule has 2 rings (SSSR count). The van der Waals surface area contributed by atoms with Crippen LogP contribution in [0.25, 0.3) is 0 Å². The number of ether oxygens (including phenoxy) is 1. The molecular weight excluding hydrogens is 330 g/mol. The van der Waals surface area contributed by atoms with Gasteiger partial charge >= 0.3 is 0 Å². The van der Waals surface area contributed by atoms with Gasteiger partial charge < -0.3 is 15.2 Å². The summed E-state index contributed by atoms with van der Waals surface area (Å²) in [6.45, 7) is 4.84. The zero-order chi connectivity index (χ0) is 15.2. The van der Waals surface area contributed by atoms with Crippen LogP contribution >= 0.6 is 15.9 Å². The average molecular weight is 350 g/mol. The van der Waals surface area contributed by atoms with Crippen LogP contribution in [0.15, 0.2) is 46.9 Å². The van der Waals surface area contributed by atoms with Crippen molar-refractivity contribution >= 4 is 21.6 Å².